The average Bonchev–Trinajstić information content (AvgIpc) is 2.61. The molecule has 0 amide bonds. The van der Waals surface area contributed by atoms with Gasteiger partial charge in [-0.25, -0.2) is 0 Å². The lowest BCUT2D eigenvalue weighted by atomic mass is 10.2. The summed E-state index contributed by atoms with van der Waals surface area (Å²) in [6.07, 6.45) is 3.31. The number of hydrogen-bond donors (Lipinski definition) is 2. The van der Waals surface area contributed by atoms with Gasteiger partial charge >= 0.3 is 0 Å². The van der Waals surface area contributed by atoms with Gasteiger partial charge in [0.05, 0.1) is 5.69 Å². The second kappa shape index (κ2) is 7.24. The van der Waals surface area contributed by atoms with Crippen molar-refractivity contribution in [1.29, 1.82) is 0 Å². The van der Waals surface area contributed by atoms with Gasteiger partial charge in [0, 0.05) is 18.0 Å². The van der Waals surface area contributed by atoms with Crippen LogP contribution in [0.3, 0.4) is 0 Å². The molecule has 0 spiro atoms. The summed E-state index contributed by atoms with van der Waals surface area (Å²) in [5.74, 6) is 0.352. The van der Waals surface area contributed by atoms with Crippen LogP contribution in [0.2, 0.25) is 0 Å². The van der Waals surface area contributed by atoms with E-state index >= 15 is 0 Å². The first-order chi connectivity index (χ1) is 11.7. The van der Waals surface area contributed by atoms with Crippen molar-refractivity contribution in [3.05, 3.63) is 83.9 Å². The lowest BCUT2D eigenvalue weighted by Gasteiger charge is -1.99. The van der Waals surface area contributed by atoms with Crippen molar-refractivity contribution < 1.29 is 10.2 Å². The zero-order valence-corrected chi connectivity index (χ0v) is 12.9. The molecular weight excluding hydrogens is 300 g/mol. The highest BCUT2D eigenvalue weighted by Crippen LogP contribution is 2.24. The summed E-state index contributed by atoms with van der Waals surface area (Å²) in [6.45, 7) is 0. The Morgan fingerprint density at radius 3 is 2.00 bits per heavy atom. The van der Waals surface area contributed by atoms with Crippen LogP contribution in [-0.2, 0) is 0 Å². The molecule has 0 atom stereocenters. The Balaban J connectivity index is 1.72. The molecule has 0 saturated carbocycles. The molecule has 3 rings (SSSR count). The van der Waals surface area contributed by atoms with Gasteiger partial charge in [-0.3, -0.25) is 9.98 Å². The van der Waals surface area contributed by atoms with E-state index in [-0.39, 0.29) is 11.5 Å². The molecule has 4 nitrogen and oxygen atoms in total. The molecule has 0 bridgehead atoms. The highest BCUT2D eigenvalue weighted by atomic mass is 16.3. The van der Waals surface area contributed by atoms with E-state index in [0.29, 0.717) is 11.3 Å². The molecule has 0 aliphatic heterocycles. The van der Waals surface area contributed by atoms with Crippen molar-refractivity contribution in [3.63, 3.8) is 0 Å². The van der Waals surface area contributed by atoms with Gasteiger partial charge in [-0.05, 0) is 42.0 Å². The van der Waals surface area contributed by atoms with Crippen LogP contribution >= 0.6 is 0 Å². The van der Waals surface area contributed by atoms with Gasteiger partial charge < -0.3 is 10.2 Å². The lowest BCUT2D eigenvalue weighted by molar-refractivity contribution is 0.474. The number of para-hydroxylation sites is 3. The van der Waals surface area contributed by atoms with Gasteiger partial charge in [0.15, 0.2) is 0 Å². The minimum absolute atomic E-state index is 0.151. The molecule has 0 saturated heterocycles. The standard InChI is InChI=1S/C20H16N2O2/c23-19-7-3-1-5-16(19)14-21-17-11-9-15(10-12-17)13-22-18-6-2-4-8-20(18)24/h1-14,23-24H. The van der Waals surface area contributed by atoms with Gasteiger partial charge in [0.2, 0.25) is 0 Å². The number of hydrogen-bond acceptors (Lipinski definition) is 4. The van der Waals surface area contributed by atoms with Crippen molar-refractivity contribution in [1.82, 2.24) is 0 Å². The van der Waals surface area contributed by atoms with Crippen molar-refractivity contribution in [2.45, 2.75) is 0 Å². The molecule has 3 aromatic rings. The highest BCUT2D eigenvalue weighted by Gasteiger charge is 1.97. The summed E-state index contributed by atoms with van der Waals surface area (Å²) in [4.78, 5) is 8.61. The average molecular weight is 316 g/mol. The van der Waals surface area contributed by atoms with E-state index < -0.39 is 0 Å². The van der Waals surface area contributed by atoms with Crippen LogP contribution in [0.4, 0.5) is 11.4 Å². The quantitative estimate of drug-likeness (QED) is 0.691. The zero-order chi connectivity index (χ0) is 16.8. The Morgan fingerprint density at radius 2 is 1.29 bits per heavy atom. The molecule has 2 N–H and O–H groups in total. The minimum Gasteiger partial charge on any atom is -0.507 e. The first kappa shape index (κ1) is 15.5. The van der Waals surface area contributed by atoms with Crippen LogP contribution in [0.1, 0.15) is 11.1 Å². The molecule has 0 fully saturated rings. The van der Waals surface area contributed by atoms with E-state index in [1.54, 1.807) is 48.8 Å². The molecule has 118 valence electrons. The number of aliphatic imine (C=N–C) groups is 2. The fraction of sp³-hybridized carbons (Fsp3) is 0. The SMILES string of the molecule is Oc1ccccc1C=Nc1ccc(C=Nc2ccccc2O)cc1. The number of nitrogens with zero attached hydrogens (tertiary/aromatic N) is 2. The normalized spacial score (nSPS) is 11.3. The van der Waals surface area contributed by atoms with Gasteiger partial charge in [-0.2, -0.15) is 0 Å². The van der Waals surface area contributed by atoms with Crippen molar-refractivity contribution in [2.75, 3.05) is 0 Å². The van der Waals surface area contributed by atoms with Crippen molar-refractivity contribution in [3.8, 4) is 11.5 Å². The molecule has 0 aliphatic carbocycles. The Bertz CT molecular complexity index is 810. The molecule has 0 radical (unpaired) electrons. The second-order valence-corrected chi connectivity index (χ2v) is 5.16. The van der Waals surface area contributed by atoms with Crippen LogP contribution in [-0.4, -0.2) is 22.6 Å². The van der Waals surface area contributed by atoms with Gasteiger partial charge in [0.1, 0.15) is 17.2 Å². The van der Waals surface area contributed by atoms with Crippen LogP contribution < -0.4 is 0 Å². The number of phenols is 2. The van der Waals surface area contributed by atoms with E-state index in [9.17, 15) is 10.2 Å². The maximum atomic E-state index is 9.70. The van der Waals surface area contributed by atoms with E-state index in [4.69, 9.17) is 0 Å². The molecule has 0 aromatic heterocycles. The Labute approximate surface area is 140 Å². The zero-order valence-electron chi connectivity index (χ0n) is 12.9. The predicted octanol–water partition coefficient (Wildman–Crippen LogP) is 4.60. The lowest BCUT2D eigenvalue weighted by Crippen LogP contribution is -1.82. The molecular formula is C20H16N2O2. The van der Waals surface area contributed by atoms with Gasteiger partial charge in [0.25, 0.3) is 0 Å². The molecule has 4 heteroatoms. The molecule has 0 unspecified atom stereocenters. The van der Waals surface area contributed by atoms with E-state index in [1.807, 2.05) is 36.4 Å². The van der Waals surface area contributed by atoms with Crippen LogP contribution in [0.15, 0.2) is 82.8 Å². The highest BCUT2D eigenvalue weighted by molar-refractivity contribution is 5.86. The smallest absolute Gasteiger partial charge is 0.141 e. The summed E-state index contributed by atoms with van der Waals surface area (Å²) < 4.78 is 0. The summed E-state index contributed by atoms with van der Waals surface area (Å²) in [5.41, 5.74) is 2.87. The van der Waals surface area contributed by atoms with E-state index in [1.165, 1.54) is 0 Å². The number of aromatic hydroxyl groups is 2. The molecule has 0 aliphatic rings. The van der Waals surface area contributed by atoms with E-state index in [2.05, 4.69) is 9.98 Å². The Morgan fingerprint density at radius 1 is 0.625 bits per heavy atom. The first-order valence-electron chi connectivity index (χ1n) is 7.46. The molecule has 0 heterocycles. The Hall–Kier alpha value is -3.40. The molecule has 24 heavy (non-hydrogen) atoms. The third-order valence-electron chi connectivity index (χ3n) is 3.42. The number of benzene rings is 3. The monoisotopic (exact) mass is 316 g/mol. The van der Waals surface area contributed by atoms with Crippen molar-refractivity contribution >= 4 is 23.8 Å². The summed E-state index contributed by atoms with van der Waals surface area (Å²) in [6, 6.07) is 21.5. The molecule has 3 aromatic carbocycles. The second-order valence-electron chi connectivity index (χ2n) is 5.16. The first-order valence-corrected chi connectivity index (χ1v) is 7.46. The van der Waals surface area contributed by atoms with Crippen molar-refractivity contribution in [2.24, 2.45) is 9.98 Å². The fourth-order valence-corrected chi connectivity index (χ4v) is 2.10. The maximum absolute atomic E-state index is 9.70. The number of rotatable bonds is 4. The fourth-order valence-electron chi connectivity index (χ4n) is 2.10. The minimum atomic E-state index is 0.151. The van der Waals surface area contributed by atoms with Crippen LogP contribution in [0, 0.1) is 0 Å². The predicted molar refractivity (Wildman–Crippen MR) is 97.2 cm³/mol. The van der Waals surface area contributed by atoms with E-state index in [0.717, 1.165) is 11.3 Å². The third-order valence-corrected chi connectivity index (χ3v) is 3.42. The van der Waals surface area contributed by atoms with Gasteiger partial charge in [-0.15, -0.1) is 0 Å². The largest absolute Gasteiger partial charge is 0.507 e. The topological polar surface area (TPSA) is 65.2 Å². The summed E-state index contributed by atoms with van der Waals surface area (Å²) in [7, 11) is 0. The maximum Gasteiger partial charge on any atom is 0.141 e. The Kier molecular flexibility index (Phi) is 4.68. The third kappa shape index (κ3) is 3.87. The van der Waals surface area contributed by atoms with Crippen LogP contribution in [0.5, 0.6) is 11.5 Å². The van der Waals surface area contributed by atoms with Gasteiger partial charge in [-0.1, -0.05) is 36.4 Å². The van der Waals surface area contributed by atoms with Crippen LogP contribution in [0.25, 0.3) is 0 Å². The number of phenolic OH excluding ortho intramolecular Hbond substituents is 2. The summed E-state index contributed by atoms with van der Waals surface area (Å²) in [5, 5.41) is 19.4. The summed E-state index contributed by atoms with van der Waals surface area (Å²) >= 11 is 0.